The van der Waals surface area contributed by atoms with Gasteiger partial charge >= 0.3 is 0 Å². The van der Waals surface area contributed by atoms with Crippen LogP contribution in [0.1, 0.15) is 12.7 Å². The minimum atomic E-state index is 0.703. The molecule has 16 heavy (non-hydrogen) atoms. The van der Waals surface area contributed by atoms with Gasteiger partial charge in [-0.3, -0.25) is 0 Å². The number of hydrogen-bond donors (Lipinski definition) is 0. The normalized spacial score (nSPS) is 10.7. The molecule has 0 saturated heterocycles. The maximum Gasteiger partial charge on any atom is 0.164 e. The van der Waals surface area contributed by atoms with Crippen molar-refractivity contribution < 1.29 is 0 Å². The zero-order chi connectivity index (χ0) is 11.5. The van der Waals surface area contributed by atoms with E-state index in [2.05, 4.69) is 37.6 Å². The second-order valence-corrected chi connectivity index (χ2v) is 4.33. The molecule has 3 nitrogen and oxygen atoms in total. The topological polar surface area (TPSA) is 30.7 Å². The van der Waals surface area contributed by atoms with Gasteiger partial charge in [-0.05, 0) is 19.1 Å². The molecule has 2 rings (SSSR count). The van der Waals surface area contributed by atoms with Gasteiger partial charge in [0.15, 0.2) is 5.82 Å². The van der Waals surface area contributed by atoms with E-state index in [1.54, 1.807) is 0 Å². The molecule has 0 fully saturated rings. The lowest BCUT2D eigenvalue weighted by Crippen LogP contribution is -2.01. The van der Waals surface area contributed by atoms with Crippen LogP contribution in [0.5, 0.6) is 0 Å². The van der Waals surface area contributed by atoms with Crippen LogP contribution in [0.2, 0.25) is 5.02 Å². The summed E-state index contributed by atoms with van der Waals surface area (Å²) in [5, 5.41) is 9.74. The zero-order valence-electron chi connectivity index (χ0n) is 8.82. The molecular formula is C11H11BrClN3. The number of rotatable bonds is 3. The van der Waals surface area contributed by atoms with Gasteiger partial charge in [0.2, 0.25) is 0 Å². The molecule has 1 aromatic heterocycles. The van der Waals surface area contributed by atoms with Crippen molar-refractivity contribution >= 4 is 27.5 Å². The first-order chi connectivity index (χ1) is 7.76. The lowest BCUT2D eigenvalue weighted by molar-refractivity contribution is 0.733. The van der Waals surface area contributed by atoms with E-state index in [0.29, 0.717) is 10.4 Å². The Kier molecular flexibility index (Phi) is 3.61. The Morgan fingerprint density at radius 3 is 2.81 bits per heavy atom. The van der Waals surface area contributed by atoms with Gasteiger partial charge in [-0.25, -0.2) is 0 Å². The zero-order valence-corrected chi connectivity index (χ0v) is 11.2. The smallest absolute Gasteiger partial charge is 0.164 e. The highest BCUT2D eigenvalue weighted by atomic mass is 79.9. The van der Waals surface area contributed by atoms with Gasteiger partial charge in [0, 0.05) is 17.1 Å². The van der Waals surface area contributed by atoms with Crippen molar-refractivity contribution in [3.8, 4) is 11.4 Å². The van der Waals surface area contributed by atoms with E-state index in [9.17, 15) is 0 Å². The second-order valence-electron chi connectivity index (χ2n) is 3.33. The molecule has 0 saturated carbocycles. The Morgan fingerprint density at radius 2 is 2.19 bits per heavy atom. The molecule has 0 radical (unpaired) electrons. The highest BCUT2D eigenvalue weighted by molar-refractivity contribution is 9.08. The van der Waals surface area contributed by atoms with E-state index in [0.717, 1.165) is 23.8 Å². The highest BCUT2D eigenvalue weighted by Crippen LogP contribution is 2.22. The van der Waals surface area contributed by atoms with Crippen molar-refractivity contribution in [2.24, 2.45) is 0 Å². The fourth-order valence-corrected chi connectivity index (χ4v) is 2.21. The van der Waals surface area contributed by atoms with Crippen LogP contribution in [0.3, 0.4) is 0 Å². The van der Waals surface area contributed by atoms with Gasteiger partial charge in [0.25, 0.3) is 0 Å². The summed E-state index contributed by atoms with van der Waals surface area (Å²) in [5.41, 5.74) is 0.994. The highest BCUT2D eigenvalue weighted by Gasteiger charge is 2.11. The molecule has 2 aromatic rings. The van der Waals surface area contributed by atoms with Crippen molar-refractivity contribution in [1.82, 2.24) is 14.8 Å². The summed E-state index contributed by atoms with van der Waals surface area (Å²) in [6.45, 7) is 2.92. The average molecular weight is 301 g/mol. The molecule has 0 spiro atoms. The first kappa shape index (κ1) is 11.6. The van der Waals surface area contributed by atoms with Gasteiger partial charge < -0.3 is 4.57 Å². The third-order valence-corrected chi connectivity index (χ3v) is 3.08. The summed E-state index contributed by atoms with van der Waals surface area (Å²) < 4.78 is 2.07. The number of halogens is 2. The molecule has 0 bridgehead atoms. The summed E-state index contributed by atoms with van der Waals surface area (Å²) in [7, 11) is 0. The molecule has 1 aromatic carbocycles. The third kappa shape index (κ3) is 2.13. The average Bonchev–Trinajstić information content (AvgIpc) is 2.71. The van der Waals surface area contributed by atoms with E-state index in [4.69, 9.17) is 11.6 Å². The number of nitrogens with zero attached hydrogens (tertiary/aromatic N) is 3. The van der Waals surface area contributed by atoms with E-state index in [1.807, 2.05) is 24.3 Å². The standard InChI is InChI=1S/C11H11BrClN3/c1-2-16-10(7-12)14-15-11(16)8-4-3-5-9(13)6-8/h3-6H,2,7H2,1H3. The predicted molar refractivity (Wildman–Crippen MR) is 68.8 cm³/mol. The van der Waals surface area contributed by atoms with E-state index in [-0.39, 0.29) is 0 Å². The van der Waals surface area contributed by atoms with Gasteiger partial charge in [-0.1, -0.05) is 39.7 Å². The van der Waals surface area contributed by atoms with Crippen molar-refractivity contribution in [3.05, 3.63) is 35.1 Å². The van der Waals surface area contributed by atoms with Crippen molar-refractivity contribution in [3.63, 3.8) is 0 Å². The van der Waals surface area contributed by atoms with Gasteiger partial charge in [0.05, 0.1) is 5.33 Å². The SMILES string of the molecule is CCn1c(CBr)nnc1-c1cccc(Cl)c1. The van der Waals surface area contributed by atoms with Gasteiger partial charge in [-0.15, -0.1) is 10.2 Å². The first-order valence-electron chi connectivity index (χ1n) is 5.00. The van der Waals surface area contributed by atoms with Crippen LogP contribution >= 0.6 is 27.5 Å². The van der Waals surface area contributed by atoms with E-state index < -0.39 is 0 Å². The Balaban J connectivity index is 2.51. The number of aromatic nitrogens is 3. The molecule has 84 valence electrons. The molecule has 0 atom stereocenters. The molecule has 0 aliphatic carbocycles. The minimum Gasteiger partial charge on any atom is -0.311 e. The summed E-state index contributed by atoms with van der Waals surface area (Å²) >= 11 is 9.36. The van der Waals surface area contributed by atoms with Crippen LogP contribution in [0.15, 0.2) is 24.3 Å². The fraction of sp³-hybridized carbons (Fsp3) is 0.273. The largest absolute Gasteiger partial charge is 0.311 e. The Morgan fingerprint density at radius 1 is 1.38 bits per heavy atom. The molecule has 0 aliphatic rings. The van der Waals surface area contributed by atoms with Gasteiger partial charge in [0.1, 0.15) is 5.82 Å². The summed E-state index contributed by atoms with van der Waals surface area (Å²) in [6.07, 6.45) is 0. The minimum absolute atomic E-state index is 0.703. The van der Waals surface area contributed by atoms with E-state index >= 15 is 0 Å². The molecule has 0 amide bonds. The van der Waals surface area contributed by atoms with Gasteiger partial charge in [-0.2, -0.15) is 0 Å². The maximum atomic E-state index is 5.96. The lowest BCUT2D eigenvalue weighted by Gasteiger charge is -2.05. The van der Waals surface area contributed by atoms with Crippen LogP contribution in [-0.4, -0.2) is 14.8 Å². The molecular weight excluding hydrogens is 289 g/mol. The molecule has 0 aliphatic heterocycles. The lowest BCUT2D eigenvalue weighted by atomic mass is 10.2. The van der Waals surface area contributed by atoms with Crippen LogP contribution in [0.4, 0.5) is 0 Å². The van der Waals surface area contributed by atoms with Crippen LogP contribution in [0, 0.1) is 0 Å². The molecule has 5 heteroatoms. The molecule has 0 unspecified atom stereocenters. The Bertz CT molecular complexity index is 496. The number of benzene rings is 1. The Hall–Kier alpha value is -0.870. The third-order valence-electron chi connectivity index (χ3n) is 2.35. The summed E-state index contributed by atoms with van der Waals surface area (Å²) in [6, 6.07) is 7.65. The van der Waals surface area contributed by atoms with Crippen LogP contribution < -0.4 is 0 Å². The number of hydrogen-bond acceptors (Lipinski definition) is 2. The monoisotopic (exact) mass is 299 g/mol. The second kappa shape index (κ2) is 4.97. The Labute approximate surface area is 108 Å². The maximum absolute atomic E-state index is 5.96. The molecule has 0 N–H and O–H groups in total. The van der Waals surface area contributed by atoms with Crippen LogP contribution in [-0.2, 0) is 11.9 Å². The summed E-state index contributed by atoms with van der Waals surface area (Å²) in [5.74, 6) is 1.79. The van der Waals surface area contributed by atoms with Crippen LogP contribution in [0.25, 0.3) is 11.4 Å². The quantitative estimate of drug-likeness (QED) is 0.812. The first-order valence-corrected chi connectivity index (χ1v) is 6.50. The molecule has 1 heterocycles. The van der Waals surface area contributed by atoms with E-state index in [1.165, 1.54) is 0 Å². The fourth-order valence-electron chi connectivity index (χ4n) is 1.61. The van der Waals surface area contributed by atoms with Crippen molar-refractivity contribution in [2.75, 3.05) is 0 Å². The summed E-state index contributed by atoms with van der Waals surface area (Å²) in [4.78, 5) is 0. The number of alkyl halides is 1. The van der Waals surface area contributed by atoms with Crippen molar-refractivity contribution in [1.29, 1.82) is 0 Å². The predicted octanol–water partition coefficient (Wildman–Crippen LogP) is 3.51. The van der Waals surface area contributed by atoms with Crippen molar-refractivity contribution in [2.45, 2.75) is 18.8 Å².